The molecule has 0 spiro atoms. The summed E-state index contributed by atoms with van der Waals surface area (Å²) in [5, 5.41) is 9.33. The first-order valence-corrected chi connectivity index (χ1v) is 6.97. The van der Waals surface area contributed by atoms with Gasteiger partial charge in [0, 0.05) is 0 Å². The topological polar surface area (TPSA) is 37.3 Å². The van der Waals surface area contributed by atoms with Crippen LogP contribution in [0.4, 0.5) is 0 Å². The van der Waals surface area contributed by atoms with E-state index in [1.165, 1.54) is 5.56 Å². The van der Waals surface area contributed by atoms with E-state index in [0.29, 0.717) is 11.5 Å². The summed E-state index contributed by atoms with van der Waals surface area (Å²) in [6, 6.07) is 13.8. The second kappa shape index (κ2) is 5.91. The van der Waals surface area contributed by atoms with Crippen molar-refractivity contribution in [2.75, 3.05) is 0 Å². The minimum absolute atomic E-state index is 0.362. The molecule has 0 heterocycles. The van der Waals surface area contributed by atoms with Crippen LogP contribution in [-0.2, 0) is 0 Å². The summed E-state index contributed by atoms with van der Waals surface area (Å²) >= 11 is 0. The van der Waals surface area contributed by atoms with Crippen molar-refractivity contribution in [3.8, 4) is 11.1 Å². The van der Waals surface area contributed by atoms with E-state index in [0.717, 1.165) is 23.1 Å². The predicted octanol–water partition coefficient (Wildman–Crippen LogP) is 4.87. The summed E-state index contributed by atoms with van der Waals surface area (Å²) in [6.45, 7) is 6.27. The number of carboxylic acid groups (broad SMARTS) is 1. The first-order chi connectivity index (χ1) is 9.52. The second-order valence-corrected chi connectivity index (χ2v) is 5.29. The molecule has 0 saturated carbocycles. The molecule has 1 N–H and O–H groups in total. The summed E-state index contributed by atoms with van der Waals surface area (Å²) in [5.74, 6) is -0.351. The first-order valence-electron chi connectivity index (χ1n) is 6.97. The Bertz CT molecular complexity index is 612. The Kier molecular flexibility index (Phi) is 4.23. The van der Waals surface area contributed by atoms with Gasteiger partial charge in [-0.05, 0) is 42.0 Å². The minimum atomic E-state index is -0.880. The molecular weight excluding hydrogens is 248 g/mol. The SMILES string of the molecule is CCC(C)c1ccc(-c2ccc(C)cc2C(=O)O)cc1. The third-order valence-electron chi connectivity index (χ3n) is 3.81. The third kappa shape index (κ3) is 2.90. The maximum Gasteiger partial charge on any atom is 0.336 e. The van der Waals surface area contributed by atoms with Crippen molar-refractivity contribution >= 4 is 5.97 Å². The zero-order chi connectivity index (χ0) is 14.7. The van der Waals surface area contributed by atoms with E-state index in [2.05, 4.69) is 26.0 Å². The van der Waals surface area contributed by atoms with Gasteiger partial charge < -0.3 is 5.11 Å². The highest BCUT2D eigenvalue weighted by Crippen LogP contribution is 2.27. The Morgan fingerprint density at radius 2 is 1.80 bits per heavy atom. The van der Waals surface area contributed by atoms with Crippen LogP contribution in [-0.4, -0.2) is 11.1 Å². The van der Waals surface area contributed by atoms with E-state index in [1.54, 1.807) is 6.07 Å². The lowest BCUT2D eigenvalue weighted by atomic mass is 9.93. The number of hydrogen-bond donors (Lipinski definition) is 1. The Labute approximate surface area is 120 Å². The van der Waals surface area contributed by atoms with Gasteiger partial charge >= 0.3 is 5.97 Å². The van der Waals surface area contributed by atoms with Crippen LogP contribution in [0.1, 0.15) is 47.7 Å². The van der Waals surface area contributed by atoms with Crippen LogP contribution in [0.15, 0.2) is 42.5 Å². The quantitative estimate of drug-likeness (QED) is 0.858. The van der Waals surface area contributed by atoms with Crippen molar-refractivity contribution in [2.45, 2.75) is 33.1 Å². The largest absolute Gasteiger partial charge is 0.478 e. The van der Waals surface area contributed by atoms with Gasteiger partial charge in [-0.1, -0.05) is 55.8 Å². The molecule has 0 fully saturated rings. The van der Waals surface area contributed by atoms with Gasteiger partial charge in [0.1, 0.15) is 0 Å². The zero-order valence-corrected chi connectivity index (χ0v) is 12.2. The van der Waals surface area contributed by atoms with Crippen molar-refractivity contribution in [1.29, 1.82) is 0 Å². The van der Waals surface area contributed by atoms with Crippen LogP contribution in [0, 0.1) is 6.92 Å². The molecule has 0 radical (unpaired) electrons. The van der Waals surface area contributed by atoms with Gasteiger partial charge in [-0.25, -0.2) is 4.79 Å². The van der Waals surface area contributed by atoms with Crippen LogP contribution in [0.2, 0.25) is 0 Å². The van der Waals surface area contributed by atoms with E-state index in [1.807, 2.05) is 31.2 Å². The number of aromatic carboxylic acids is 1. The lowest BCUT2D eigenvalue weighted by Crippen LogP contribution is -2.00. The molecule has 2 rings (SSSR count). The molecule has 2 aromatic carbocycles. The third-order valence-corrected chi connectivity index (χ3v) is 3.81. The van der Waals surface area contributed by atoms with Crippen molar-refractivity contribution in [3.63, 3.8) is 0 Å². The van der Waals surface area contributed by atoms with Crippen LogP contribution in [0.3, 0.4) is 0 Å². The summed E-state index contributed by atoms with van der Waals surface area (Å²) in [7, 11) is 0. The minimum Gasteiger partial charge on any atom is -0.478 e. The lowest BCUT2D eigenvalue weighted by molar-refractivity contribution is 0.0697. The molecule has 0 aliphatic rings. The van der Waals surface area contributed by atoms with E-state index in [-0.39, 0.29) is 0 Å². The number of carbonyl (C=O) groups is 1. The maximum atomic E-state index is 11.4. The average molecular weight is 268 g/mol. The molecule has 2 heteroatoms. The molecule has 20 heavy (non-hydrogen) atoms. The Balaban J connectivity index is 2.44. The fraction of sp³-hybridized carbons (Fsp3) is 0.278. The summed E-state index contributed by atoms with van der Waals surface area (Å²) in [6.07, 6.45) is 1.10. The highest BCUT2D eigenvalue weighted by Gasteiger charge is 2.12. The van der Waals surface area contributed by atoms with Gasteiger partial charge in [0.25, 0.3) is 0 Å². The second-order valence-electron chi connectivity index (χ2n) is 5.29. The lowest BCUT2D eigenvalue weighted by Gasteiger charge is -2.11. The molecule has 1 atom stereocenters. The molecule has 2 nitrogen and oxygen atoms in total. The molecule has 0 aliphatic carbocycles. The Morgan fingerprint density at radius 1 is 1.15 bits per heavy atom. The number of hydrogen-bond acceptors (Lipinski definition) is 1. The molecule has 1 unspecified atom stereocenters. The van der Waals surface area contributed by atoms with Gasteiger partial charge in [0.15, 0.2) is 0 Å². The van der Waals surface area contributed by atoms with Crippen molar-refractivity contribution < 1.29 is 9.90 Å². The molecule has 0 saturated heterocycles. The summed E-state index contributed by atoms with van der Waals surface area (Å²) < 4.78 is 0. The standard InChI is InChI=1S/C18H20O2/c1-4-13(3)14-6-8-15(9-7-14)16-10-5-12(2)11-17(16)18(19)20/h5-11,13H,4H2,1-3H3,(H,19,20). The van der Waals surface area contributed by atoms with Crippen LogP contribution in [0.5, 0.6) is 0 Å². The molecule has 0 amide bonds. The van der Waals surface area contributed by atoms with E-state index >= 15 is 0 Å². The average Bonchev–Trinajstić information content (AvgIpc) is 2.46. The maximum absolute atomic E-state index is 11.4. The fourth-order valence-corrected chi connectivity index (χ4v) is 2.31. The summed E-state index contributed by atoms with van der Waals surface area (Å²) in [4.78, 5) is 11.4. The normalized spacial score (nSPS) is 12.2. The van der Waals surface area contributed by atoms with Gasteiger partial charge in [-0.3, -0.25) is 0 Å². The Morgan fingerprint density at radius 3 is 2.35 bits per heavy atom. The first kappa shape index (κ1) is 14.3. The molecule has 0 bridgehead atoms. The number of rotatable bonds is 4. The van der Waals surface area contributed by atoms with Crippen LogP contribution < -0.4 is 0 Å². The smallest absolute Gasteiger partial charge is 0.336 e. The van der Waals surface area contributed by atoms with E-state index in [4.69, 9.17) is 0 Å². The molecule has 2 aromatic rings. The van der Waals surface area contributed by atoms with Crippen LogP contribution >= 0.6 is 0 Å². The number of carboxylic acids is 1. The van der Waals surface area contributed by atoms with Gasteiger partial charge in [-0.15, -0.1) is 0 Å². The fourth-order valence-electron chi connectivity index (χ4n) is 2.31. The molecule has 104 valence electrons. The van der Waals surface area contributed by atoms with Crippen molar-refractivity contribution in [3.05, 3.63) is 59.2 Å². The molecule has 0 aliphatic heterocycles. The van der Waals surface area contributed by atoms with Gasteiger partial charge in [0.05, 0.1) is 5.56 Å². The van der Waals surface area contributed by atoms with E-state index < -0.39 is 5.97 Å². The Hall–Kier alpha value is -2.09. The monoisotopic (exact) mass is 268 g/mol. The van der Waals surface area contributed by atoms with Crippen molar-refractivity contribution in [1.82, 2.24) is 0 Å². The highest BCUT2D eigenvalue weighted by atomic mass is 16.4. The van der Waals surface area contributed by atoms with E-state index in [9.17, 15) is 9.90 Å². The highest BCUT2D eigenvalue weighted by molar-refractivity contribution is 5.96. The van der Waals surface area contributed by atoms with Gasteiger partial charge in [0.2, 0.25) is 0 Å². The van der Waals surface area contributed by atoms with Crippen molar-refractivity contribution in [2.24, 2.45) is 0 Å². The predicted molar refractivity (Wildman–Crippen MR) is 82.3 cm³/mol. The zero-order valence-electron chi connectivity index (χ0n) is 12.2. The summed E-state index contributed by atoms with van der Waals surface area (Å²) in [5.41, 5.74) is 4.34. The number of aryl methyl sites for hydroxylation is 1. The van der Waals surface area contributed by atoms with Gasteiger partial charge in [-0.2, -0.15) is 0 Å². The molecule has 0 aromatic heterocycles. The van der Waals surface area contributed by atoms with Crippen LogP contribution in [0.25, 0.3) is 11.1 Å². The number of benzene rings is 2. The molecular formula is C18H20O2.